The molecule has 3 rings (SSSR count). The molecule has 1 aromatic heterocycles. The van der Waals surface area contributed by atoms with Gasteiger partial charge in [0.2, 0.25) is 5.91 Å². The Morgan fingerprint density at radius 3 is 2.61 bits per heavy atom. The average Bonchev–Trinajstić information content (AvgIpc) is 3.11. The molecule has 1 saturated heterocycles. The molecule has 1 saturated carbocycles. The van der Waals surface area contributed by atoms with Crippen LogP contribution in [0.1, 0.15) is 61.7 Å². The zero-order valence-corrected chi connectivity index (χ0v) is 16.0. The van der Waals surface area contributed by atoms with Gasteiger partial charge >= 0.3 is 5.97 Å². The number of nitrogens with one attached hydrogen (secondary N) is 2. The first-order valence-electron chi connectivity index (χ1n) is 9.90. The lowest BCUT2D eigenvalue weighted by Gasteiger charge is -2.36. The van der Waals surface area contributed by atoms with Crippen molar-refractivity contribution in [1.29, 1.82) is 0 Å². The molecule has 0 unspecified atom stereocenters. The molecule has 1 aliphatic heterocycles. The van der Waals surface area contributed by atoms with Crippen molar-refractivity contribution in [2.45, 2.75) is 69.5 Å². The van der Waals surface area contributed by atoms with Gasteiger partial charge in [0, 0.05) is 25.5 Å². The van der Waals surface area contributed by atoms with E-state index in [2.05, 4.69) is 15.7 Å². The van der Waals surface area contributed by atoms with E-state index >= 15 is 0 Å². The fraction of sp³-hybridized carbons (Fsp3) is 0.684. The number of aromatic nitrogens is 2. The molecule has 28 heavy (non-hydrogen) atoms. The van der Waals surface area contributed by atoms with Crippen LogP contribution < -0.4 is 10.6 Å². The molecule has 2 heterocycles. The van der Waals surface area contributed by atoms with E-state index in [1.54, 1.807) is 0 Å². The Hall–Kier alpha value is -2.42. The molecule has 0 bridgehead atoms. The van der Waals surface area contributed by atoms with Crippen LogP contribution in [-0.4, -0.2) is 57.5 Å². The predicted octanol–water partition coefficient (Wildman–Crippen LogP) is 1.09. The molecule has 2 aliphatic rings. The Labute approximate surface area is 163 Å². The Morgan fingerprint density at radius 1 is 1.21 bits per heavy atom. The number of hydrogen-bond acceptors (Lipinski definition) is 5. The Morgan fingerprint density at radius 2 is 1.93 bits per heavy atom. The van der Waals surface area contributed by atoms with Crippen LogP contribution in [0.25, 0.3) is 0 Å². The number of hydrogen-bond donors (Lipinski definition) is 3. The zero-order valence-electron chi connectivity index (χ0n) is 16.0. The molecule has 9 nitrogen and oxygen atoms in total. The maximum Gasteiger partial charge on any atom is 0.305 e. The molecule has 1 aromatic rings. The summed E-state index contributed by atoms with van der Waals surface area (Å²) in [4.78, 5) is 36.0. The minimum absolute atomic E-state index is 0.0535. The van der Waals surface area contributed by atoms with Gasteiger partial charge in [0.25, 0.3) is 5.91 Å². The standard InChI is InChI=1S/C19H28N4O5/c24-16(21-15-4-2-1-3-5-15)13-23-12-14(11-20-23)18(27)22-19(10-17(25)26)6-8-28-9-7-19/h11-12,15H,1-10,13H2,(H,21,24)(H,22,27)(H,25,26). The molecule has 2 amide bonds. The number of nitrogens with zero attached hydrogens (tertiary/aromatic N) is 2. The van der Waals surface area contributed by atoms with Crippen LogP contribution >= 0.6 is 0 Å². The van der Waals surface area contributed by atoms with Crippen LogP contribution in [0.3, 0.4) is 0 Å². The van der Waals surface area contributed by atoms with Crippen molar-refractivity contribution < 1.29 is 24.2 Å². The van der Waals surface area contributed by atoms with Crippen LogP contribution in [0.5, 0.6) is 0 Å². The smallest absolute Gasteiger partial charge is 0.305 e. The number of carbonyl (C=O) groups excluding carboxylic acids is 2. The van der Waals surface area contributed by atoms with Gasteiger partial charge < -0.3 is 20.5 Å². The van der Waals surface area contributed by atoms with Crippen molar-refractivity contribution in [3.05, 3.63) is 18.0 Å². The van der Waals surface area contributed by atoms with Gasteiger partial charge in [0.15, 0.2) is 0 Å². The SMILES string of the molecule is O=C(O)CC1(NC(=O)c2cnn(CC(=O)NC3CCCCC3)c2)CCOCC1. The number of ether oxygens (including phenoxy) is 1. The topological polar surface area (TPSA) is 123 Å². The van der Waals surface area contributed by atoms with E-state index in [1.807, 2.05) is 0 Å². The molecule has 154 valence electrons. The molecule has 1 aliphatic carbocycles. The van der Waals surface area contributed by atoms with Gasteiger partial charge in [0.1, 0.15) is 6.54 Å². The first-order chi connectivity index (χ1) is 13.5. The van der Waals surface area contributed by atoms with E-state index in [0.29, 0.717) is 31.6 Å². The van der Waals surface area contributed by atoms with E-state index in [4.69, 9.17) is 4.74 Å². The minimum atomic E-state index is -0.961. The van der Waals surface area contributed by atoms with Crippen LogP contribution in [0.2, 0.25) is 0 Å². The van der Waals surface area contributed by atoms with Crippen LogP contribution in [0.15, 0.2) is 12.4 Å². The first kappa shape index (κ1) is 20.3. The van der Waals surface area contributed by atoms with E-state index in [9.17, 15) is 19.5 Å². The highest BCUT2D eigenvalue weighted by Gasteiger charge is 2.36. The van der Waals surface area contributed by atoms with Gasteiger partial charge in [-0.05, 0) is 25.7 Å². The van der Waals surface area contributed by atoms with E-state index in [-0.39, 0.29) is 30.8 Å². The molecule has 0 spiro atoms. The first-order valence-corrected chi connectivity index (χ1v) is 9.90. The molecular weight excluding hydrogens is 364 g/mol. The quantitative estimate of drug-likeness (QED) is 0.638. The van der Waals surface area contributed by atoms with Gasteiger partial charge in [0.05, 0.1) is 23.7 Å². The van der Waals surface area contributed by atoms with Crippen molar-refractivity contribution >= 4 is 17.8 Å². The summed E-state index contributed by atoms with van der Waals surface area (Å²) in [7, 11) is 0. The maximum absolute atomic E-state index is 12.6. The number of carbonyl (C=O) groups is 3. The predicted molar refractivity (Wildman–Crippen MR) is 99.7 cm³/mol. The van der Waals surface area contributed by atoms with Crippen LogP contribution in [0.4, 0.5) is 0 Å². The second kappa shape index (κ2) is 9.18. The van der Waals surface area contributed by atoms with Gasteiger partial charge in [-0.3, -0.25) is 19.1 Å². The monoisotopic (exact) mass is 392 g/mol. The molecule has 0 atom stereocenters. The summed E-state index contributed by atoms with van der Waals surface area (Å²) >= 11 is 0. The highest BCUT2D eigenvalue weighted by Crippen LogP contribution is 2.25. The molecule has 9 heteroatoms. The normalized spacial score (nSPS) is 19.7. The second-order valence-electron chi connectivity index (χ2n) is 7.75. The summed E-state index contributed by atoms with van der Waals surface area (Å²) in [6.45, 7) is 0.875. The van der Waals surface area contributed by atoms with Gasteiger partial charge in [-0.1, -0.05) is 19.3 Å². The maximum atomic E-state index is 12.6. The average molecular weight is 392 g/mol. The third-order valence-electron chi connectivity index (χ3n) is 5.49. The number of amides is 2. The largest absolute Gasteiger partial charge is 0.481 e. The van der Waals surface area contributed by atoms with Crippen molar-refractivity contribution in [1.82, 2.24) is 20.4 Å². The van der Waals surface area contributed by atoms with Gasteiger partial charge in [-0.15, -0.1) is 0 Å². The highest BCUT2D eigenvalue weighted by molar-refractivity contribution is 5.94. The minimum Gasteiger partial charge on any atom is -0.481 e. The van der Waals surface area contributed by atoms with Crippen LogP contribution in [-0.2, 0) is 20.9 Å². The molecular formula is C19H28N4O5. The zero-order chi connectivity index (χ0) is 20.0. The number of carboxylic acid groups (broad SMARTS) is 1. The fourth-order valence-corrected chi connectivity index (χ4v) is 3.95. The summed E-state index contributed by atoms with van der Waals surface area (Å²) in [5, 5.41) is 19.2. The van der Waals surface area contributed by atoms with E-state index < -0.39 is 11.5 Å². The van der Waals surface area contributed by atoms with Gasteiger partial charge in [-0.2, -0.15) is 5.10 Å². The lowest BCUT2D eigenvalue weighted by Crippen LogP contribution is -2.53. The summed E-state index contributed by atoms with van der Waals surface area (Å²) < 4.78 is 6.73. The number of rotatable bonds is 7. The fourth-order valence-electron chi connectivity index (χ4n) is 3.95. The number of carboxylic acids is 1. The second-order valence-corrected chi connectivity index (χ2v) is 7.75. The lowest BCUT2D eigenvalue weighted by atomic mass is 9.86. The Bertz CT molecular complexity index is 705. The van der Waals surface area contributed by atoms with Crippen molar-refractivity contribution in [3.8, 4) is 0 Å². The lowest BCUT2D eigenvalue weighted by molar-refractivity contribution is -0.139. The number of aliphatic carboxylic acids is 1. The highest BCUT2D eigenvalue weighted by atomic mass is 16.5. The van der Waals surface area contributed by atoms with E-state index in [0.717, 1.165) is 25.7 Å². The van der Waals surface area contributed by atoms with Crippen LogP contribution in [0, 0.1) is 0 Å². The molecule has 2 fully saturated rings. The van der Waals surface area contributed by atoms with E-state index in [1.165, 1.54) is 23.5 Å². The Kier molecular flexibility index (Phi) is 6.66. The van der Waals surface area contributed by atoms with Crippen molar-refractivity contribution in [3.63, 3.8) is 0 Å². The summed E-state index contributed by atoms with van der Waals surface area (Å²) in [5.41, 5.74) is -0.511. The summed E-state index contributed by atoms with van der Waals surface area (Å²) in [5.74, 6) is -1.46. The summed E-state index contributed by atoms with van der Waals surface area (Å²) in [6, 6.07) is 0.226. The third kappa shape index (κ3) is 5.54. The third-order valence-corrected chi connectivity index (χ3v) is 5.49. The van der Waals surface area contributed by atoms with Gasteiger partial charge in [-0.25, -0.2) is 0 Å². The van der Waals surface area contributed by atoms with Crippen molar-refractivity contribution in [2.75, 3.05) is 13.2 Å². The Balaban J connectivity index is 1.56. The molecule has 0 radical (unpaired) electrons. The summed E-state index contributed by atoms with van der Waals surface area (Å²) in [6.07, 6.45) is 9.17. The molecule has 0 aromatic carbocycles. The molecule has 3 N–H and O–H groups in total. The van der Waals surface area contributed by atoms with Crippen molar-refractivity contribution in [2.24, 2.45) is 0 Å².